The van der Waals surface area contributed by atoms with Gasteiger partial charge >= 0.3 is 0 Å². The highest BCUT2D eigenvalue weighted by molar-refractivity contribution is 7.13. The third-order valence-electron chi connectivity index (χ3n) is 6.59. The van der Waals surface area contributed by atoms with E-state index in [0.29, 0.717) is 46.9 Å². The Morgan fingerprint density at radius 2 is 1.90 bits per heavy atom. The van der Waals surface area contributed by atoms with Crippen LogP contribution < -0.4 is 5.32 Å². The number of carbonyl (C=O) groups excluding carboxylic acids is 1. The molecule has 6 rings (SSSR count). The zero-order chi connectivity index (χ0) is 27.1. The Bertz CT molecular complexity index is 1640. The lowest BCUT2D eigenvalue weighted by Gasteiger charge is -2.34. The number of aliphatic hydroxyl groups is 1. The Balaban J connectivity index is 1.38. The molecule has 14 heteroatoms. The number of hydrogen-bond acceptors (Lipinski definition) is 8. The number of nitrogens with zero attached hydrogens (tertiary/aromatic N) is 7. The van der Waals surface area contributed by atoms with Crippen LogP contribution in [0.4, 0.5) is 13.2 Å². The Morgan fingerprint density at radius 1 is 1.10 bits per heavy atom. The number of rotatable bonds is 6. The maximum atomic E-state index is 15.0. The summed E-state index contributed by atoms with van der Waals surface area (Å²) in [6.07, 6.45) is 3.04. The Hall–Kier alpha value is -4.17. The molecule has 0 bridgehead atoms. The number of imidazole rings is 1. The number of halogens is 3. The van der Waals surface area contributed by atoms with Crippen LogP contribution in [-0.4, -0.2) is 57.7 Å². The molecule has 1 fully saturated rings. The normalized spacial score (nSPS) is 19.6. The van der Waals surface area contributed by atoms with Gasteiger partial charge in [0.1, 0.15) is 17.2 Å². The minimum absolute atomic E-state index is 0.0792. The van der Waals surface area contributed by atoms with Crippen LogP contribution in [0, 0.1) is 5.82 Å². The molecule has 1 aliphatic carbocycles. The molecule has 0 radical (unpaired) electrons. The minimum atomic E-state index is -2.72. The number of nitrogens with one attached hydrogen (secondary N) is 1. The van der Waals surface area contributed by atoms with Crippen LogP contribution in [0.25, 0.3) is 28.2 Å². The van der Waals surface area contributed by atoms with Crippen LogP contribution in [0.15, 0.2) is 55.1 Å². The maximum Gasteiger partial charge on any atom is 0.280 e. The van der Waals surface area contributed by atoms with Crippen molar-refractivity contribution in [3.63, 3.8) is 0 Å². The highest BCUT2D eigenvalue weighted by atomic mass is 32.1. The number of fused-ring (bicyclic) bond motifs is 1. The van der Waals surface area contributed by atoms with E-state index < -0.39 is 36.3 Å². The van der Waals surface area contributed by atoms with Gasteiger partial charge in [0, 0.05) is 24.3 Å². The summed E-state index contributed by atoms with van der Waals surface area (Å²) >= 11 is 0.627. The first-order chi connectivity index (χ1) is 18.9. The van der Waals surface area contributed by atoms with Crippen molar-refractivity contribution in [1.29, 1.82) is 0 Å². The van der Waals surface area contributed by atoms with Gasteiger partial charge in [0.25, 0.3) is 12.3 Å². The van der Waals surface area contributed by atoms with Gasteiger partial charge in [-0.1, -0.05) is 12.1 Å². The van der Waals surface area contributed by atoms with E-state index in [-0.39, 0.29) is 21.9 Å². The molecule has 10 nitrogen and oxygen atoms in total. The number of amides is 1. The molecule has 5 aromatic rings. The van der Waals surface area contributed by atoms with Gasteiger partial charge in [0.05, 0.1) is 40.7 Å². The summed E-state index contributed by atoms with van der Waals surface area (Å²) in [5.41, 5.74) is 1.41. The summed E-state index contributed by atoms with van der Waals surface area (Å²) in [5.74, 6) is -0.281. The maximum absolute atomic E-state index is 15.0. The van der Waals surface area contributed by atoms with Crippen LogP contribution in [-0.2, 0) is 0 Å². The van der Waals surface area contributed by atoms with Crippen molar-refractivity contribution >= 4 is 28.3 Å². The molecule has 0 unspecified atom stereocenters. The zero-order valence-electron chi connectivity index (χ0n) is 20.2. The quantitative estimate of drug-likeness (QED) is 0.324. The van der Waals surface area contributed by atoms with Gasteiger partial charge in [-0.3, -0.25) is 4.79 Å². The molecule has 0 aliphatic heterocycles. The third kappa shape index (κ3) is 4.88. The van der Waals surface area contributed by atoms with E-state index in [2.05, 4.69) is 30.5 Å². The van der Waals surface area contributed by atoms with Crippen molar-refractivity contribution in [2.75, 3.05) is 0 Å². The Morgan fingerprint density at radius 3 is 2.64 bits per heavy atom. The monoisotopic (exact) mass is 554 g/mol. The lowest BCUT2D eigenvalue weighted by Crippen LogP contribution is -2.43. The van der Waals surface area contributed by atoms with E-state index >= 15 is 0 Å². The van der Waals surface area contributed by atoms with Crippen molar-refractivity contribution < 1.29 is 23.1 Å². The standard InChI is InChI=1S/C25H21F3N8O2S/c26-17-4-2-1-3-16(17)23-34-18-11-29-21(36-31-5-6-32-36)10-19(18)35(23)14-7-13(8-15(37)9-14)33-24(38)25-30-12-20(39-25)22(27)28/h1-6,10-15,22,37H,7-9H2,(H,33,38)/t13-,14+,15+/m0/s1. The van der Waals surface area contributed by atoms with Gasteiger partial charge < -0.3 is 15.0 Å². The van der Waals surface area contributed by atoms with Gasteiger partial charge in [0.15, 0.2) is 10.8 Å². The number of alkyl halides is 2. The number of aromatic nitrogens is 7. The number of thiazole rings is 1. The highest BCUT2D eigenvalue weighted by Gasteiger charge is 2.33. The zero-order valence-corrected chi connectivity index (χ0v) is 21.0. The van der Waals surface area contributed by atoms with Crippen LogP contribution in [0.3, 0.4) is 0 Å². The lowest BCUT2D eigenvalue weighted by atomic mass is 9.88. The molecular weight excluding hydrogens is 533 g/mol. The average Bonchev–Trinajstić information content (AvgIpc) is 3.68. The van der Waals surface area contributed by atoms with Gasteiger partial charge in [0.2, 0.25) is 0 Å². The first-order valence-electron chi connectivity index (χ1n) is 12.1. The highest BCUT2D eigenvalue weighted by Crippen LogP contribution is 2.37. The molecule has 1 aliphatic rings. The number of benzene rings is 1. The van der Waals surface area contributed by atoms with Gasteiger partial charge in [-0.05, 0) is 31.4 Å². The predicted octanol–water partition coefficient (Wildman–Crippen LogP) is 4.10. The van der Waals surface area contributed by atoms with Crippen LogP contribution >= 0.6 is 11.3 Å². The largest absolute Gasteiger partial charge is 0.393 e. The number of aliphatic hydroxyl groups excluding tert-OH is 1. The molecule has 0 spiro atoms. The second-order valence-corrected chi connectivity index (χ2v) is 10.3. The Kier molecular flexibility index (Phi) is 6.56. The molecule has 3 atom stereocenters. The average molecular weight is 555 g/mol. The van der Waals surface area contributed by atoms with Crippen LogP contribution in [0.2, 0.25) is 0 Å². The van der Waals surface area contributed by atoms with Crippen molar-refractivity contribution in [1.82, 2.24) is 39.8 Å². The fourth-order valence-corrected chi connectivity index (χ4v) is 5.64. The van der Waals surface area contributed by atoms with Gasteiger partial charge in [-0.15, -0.1) is 16.1 Å². The van der Waals surface area contributed by atoms with Gasteiger partial charge in [-0.2, -0.15) is 10.2 Å². The van der Waals surface area contributed by atoms with Crippen molar-refractivity contribution in [3.05, 3.63) is 70.8 Å². The fourth-order valence-electron chi connectivity index (χ4n) is 4.96. The van der Waals surface area contributed by atoms with E-state index in [9.17, 15) is 23.1 Å². The second-order valence-electron chi connectivity index (χ2n) is 9.19. The molecular formula is C25H21F3N8O2S. The summed E-state index contributed by atoms with van der Waals surface area (Å²) in [7, 11) is 0. The molecule has 1 amide bonds. The Labute approximate surface area is 223 Å². The predicted molar refractivity (Wildman–Crippen MR) is 135 cm³/mol. The summed E-state index contributed by atoms with van der Waals surface area (Å²) in [6, 6.07) is 7.11. The van der Waals surface area contributed by atoms with E-state index in [1.807, 2.05) is 4.57 Å². The summed E-state index contributed by atoms with van der Waals surface area (Å²) in [4.78, 5) is 26.7. The van der Waals surface area contributed by atoms with Crippen molar-refractivity contribution in [2.24, 2.45) is 0 Å². The molecule has 2 N–H and O–H groups in total. The molecule has 4 heterocycles. The smallest absolute Gasteiger partial charge is 0.280 e. The van der Waals surface area contributed by atoms with E-state index in [1.165, 1.54) is 23.3 Å². The van der Waals surface area contributed by atoms with E-state index in [4.69, 9.17) is 0 Å². The molecule has 39 heavy (non-hydrogen) atoms. The summed E-state index contributed by atoms with van der Waals surface area (Å²) < 4.78 is 42.8. The van der Waals surface area contributed by atoms with Crippen molar-refractivity contribution in [3.8, 4) is 17.2 Å². The van der Waals surface area contributed by atoms with E-state index in [1.54, 1.807) is 30.5 Å². The SMILES string of the molecule is O=C(N[C@@H]1C[C@@H](O)C[C@H](n2c(-c3ccccc3F)nc3cnc(-n4nccn4)cc32)C1)c1ncc(C(F)F)s1. The molecule has 4 aromatic heterocycles. The van der Waals surface area contributed by atoms with Crippen LogP contribution in [0.1, 0.15) is 46.4 Å². The number of carbonyl (C=O) groups is 1. The van der Waals surface area contributed by atoms with E-state index in [0.717, 1.165) is 6.20 Å². The number of hydrogen-bond donors (Lipinski definition) is 2. The minimum Gasteiger partial charge on any atom is -0.393 e. The summed E-state index contributed by atoms with van der Waals surface area (Å²) in [5, 5.41) is 21.8. The molecule has 0 saturated heterocycles. The third-order valence-corrected chi connectivity index (χ3v) is 7.59. The first-order valence-corrected chi connectivity index (χ1v) is 12.9. The molecule has 200 valence electrons. The topological polar surface area (TPSA) is 124 Å². The first kappa shape index (κ1) is 25.1. The number of pyridine rings is 1. The summed E-state index contributed by atoms with van der Waals surface area (Å²) in [6.45, 7) is 0. The van der Waals surface area contributed by atoms with Crippen LogP contribution in [0.5, 0.6) is 0 Å². The van der Waals surface area contributed by atoms with Crippen molar-refractivity contribution in [2.45, 2.75) is 43.9 Å². The second kappa shape index (κ2) is 10.2. The lowest BCUT2D eigenvalue weighted by molar-refractivity contribution is 0.0747. The molecule has 1 saturated carbocycles. The van der Waals surface area contributed by atoms with Gasteiger partial charge in [-0.25, -0.2) is 28.1 Å². The molecule has 1 aromatic carbocycles. The fraction of sp³-hybridized carbons (Fsp3) is 0.280.